The first-order valence-electron chi connectivity index (χ1n) is 3.70. The van der Waals surface area contributed by atoms with Gasteiger partial charge in [0, 0.05) is 18.0 Å². The molecule has 0 aromatic carbocycles. The molecule has 1 heterocycles. The number of nitrogens with zero attached hydrogens (tertiary/aromatic N) is 1. The zero-order chi connectivity index (χ0) is 8.69. The Balaban J connectivity index is 0.000000461. The summed E-state index contributed by atoms with van der Waals surface area (Å²) >= 11 is 0. The van der Waals surface area contributed by atoms with E-state index in [1.807, 2.05) is 20.8 Å². The SMILES string of the molecule is CC.Cc1cnccc1C=O. The molecule has 2 heteroatoms. The molecule has 0 N–H and O–H groups in total. The summed E-state index contributed by atoms with van der Waals surface area (Å²) < 4.78 is 0. The van der Waals surface area contributed by atoms with Gasteiger partial charge in [-0.2, -0.15) is 0 Å². The average Bonchev–Trinajstić information content (AvgIpc) is 2.09. The average molecular weight is 151 g/mol. The van der Waals surface area contributed by atoms with Crippen LogP contribution in [0.3, 0.4) is 0 Å². The van der Waals surface area contributed by atoms with Crippen molar-refractivity contribution in [2.24, 2.45) is 0 Å². The molecular weight excluding hydrogens is 138 g/mol. The predicted molar refractivity (Wildman–Crippen MR) is 45.7 cm³/mol. The second-order valence-corrected chi connectivity index (χ2v) is 1.85. The molecule has 0 aliphatic carbocycles. The van der Waals surface area contributed by atoms with Crippen LogP contribution in [-0.4, -0.2) is 11.3 Å². The van der Waals surface area contributed by atoms with Crippen LogP contribution in [-0.2, 0) is 0 Å². The molecule has 0 saturated heterocycles. The Labute approximate surface area is 67.3 Å². The Hall–Kier alpha value is -1.18. The number of aromatic nitrogens is 1. The number of carbonyl (C=O) groups is 1. The molecule has 60 valence electrons. The number of aldehydes is 1. The molecule has 11 heavy (non-hydrogen) atoms. The highest BCUT2D eigenvalue weighted by Crippen LogP contribution is 1.99. The molecule has 0 fully saturated rings. The molecule has 1 aromatic heterocycles. The summed E-state index contributed by atoms with van der Waals surface area (Å²) in [7, 11) is 0. The molecule has 0 saturated carbocycles. The third-order valence-electron chi connectivity index (χ3n) is 1.19. The maximum absolute atomic E-state index is 10.2. The minimum absolute atomic E-state index is 0.713. The van der Waals surface area contributed by atoms with Crippen molar-refractivity contribution in [3.8, 4) is 0 Å². The first kappa shape index (κ1) is 9.82. The van der Waals surface area contributed by atoms with Crippen LogP contribution in [0.25, 0.3) is 0 Å². The summed E-state index contributed by atoms with van der Waals surface area (Å²) in [6.45, 7) is 5.86. The van der Waals surface area contributed by atoms with Gasteiger partial charge in [-0.05, 0) is 18.6 Å². The zero-order valence-corrected chi connectivity index (χ0v) is 7.16. The predicted octanol–water partition coefficient (Wildman–Crippen LogP) is 2.23. The summed E-state index contributed by atoms with van der Waals surface area (Å²) in [5.74, 6) is 0. The Morgan fingerprint density at radius 2 is 2.09 bits per heavy atom. The van der Waals surface area contributed by atoms with Crippen LogP contribution < -0.4 is 0 Å². The number of hydrogen-bond acceptors (Lipinski definition) is 2. The van der Waals surface area contributed by atoms with Crippen LogP contribution >= 0.6 is 0 Å². The van der Waals surface area contributed by atoms with Crippen LogP contribution in [0.15, 0.2) is 18.5 Å². The van der Waals surface area contributed by atoms with Crippen molar-refractivity contribution < 1.29 is 4.79 Å². The van der Waals surface area contributed by atoms with E-state index >= 15 is 0 Å². The van der Waals surface area contributed by atoms with Gasteiger partial charge in [-0.25, -0.2) is 0 Å². The first-order chi connectivity index (χ1) is 5.34. The van der Waals surface area contributed by atoms with Gasteiger partial charge in [0.25, 0.3) is 0 Å². The topological polar surface area (TPSA) is 30.0 Å². The monoisotopic (exact) mass is 151 g/mol. The third kappa shape index (κ3) is 2.94. The summed E-state index contributed by atoms with van der Waals surface area (Å²) in [5, 5.41) is 0. The van der Waals surface area contributed by atoms with E-state index in [1.54, 1.807) is 18.5 Å². The van der Waals surface area contributed by atoms with E-state index < -0.39 is 0 Å². The van der Waals surface area contributed by atoms with Crippen LogP contribution in [0.1, 0.15) is 29.8 Å². The lowest BCUT2D eigenvalue weighted by Crippen LogP contribution is -1.85. The van der Waals surface area contributed by atoms with Crippen molar-refractivity contribution >= 4 is 6.29 Å². The fourth-order valence-corrected chi connectivity index (χ4v) is 0.616. The van der Waals surface area contributed by atoms with Crippen molar-refractivity contribution in [3.05, 3.63) is 29.6 Å². The second-order valence-electron chi connectivity index (χ2n) is 1.85. The van der Waals surface area contributed by atoms with E-state index in [9.17, 15) is 4.79 Å². The number of pyridine rings is 1. The lowest BCUT2D eigenvalue weighted by molar-refractivity contribution is 0.112. The molecule has 0 atom stereocenters. The van der Waals surface area contributed by atoms with Gasteiger partial charge in [-0.3, -0.25) is 9.78 Å². The van der Waals surface area contributed by atoms with Gasteiger partial charge in [0.15, 0.2) is 0 Å². The Morgan fingerprint density at radius 3 is 2.45 bits per heavy atom. The highest BCUT2D eigenvalue weighted by Gasteiger charge is 1.91. The van der Waals surface area contributed by atoms with Gasteiger partial charge >= 0.3 is 0 Å². The highest BCUT2D eigenvalue weighted by atomic mass is 16.1. The van der Waals surface area contributed by atoms with E-state index in [-0.39, 0.29) is 0 Å². The van der Waals surface area contributed by atoms with Gasteiger partial charge < -0.3 is 0 Å². The number of aryl methyl sites for hydroxylation is 1. The lowest BCUT2D eigenvalue weighted by Gasteiger charge is -1.91. The Bertz CT molecular complexity index is 221. The van der Waals surface area contributed by atoms with E-state index in [4.69, 9.17) is 0 Å². The number of hydrogen-bond donors (Lipinski definition) is 0. The van der Waals surface area contributed by atoms with Crippen LogP contribution in [0, 0.1) is 6.92 Å². The molecule has 2 nitrogen and oxygen atoms in total. The summed E-state index contributed by atoms with van der Waals surface area (Å²) in [6.07, 6.45) is 4.11. The van der Waals surface area contributed by atoms with E-state index in [0.29, 0.717) is 5.56 Å². The van der Waals surface area contributed by atoms with Crippen LogP contribution in [0.5, 0.6) is 0 Å². The largest absolute Gasteiger partial charge is 0.298 e. The van der Waals surface area contributed by atoms with Crippen LogP contribution in [0.4, 0.5) is 0 Å². The molecule has 0 unspecified atom stereocenters. The fourth-order valence-electron chi connectivity index (χ4n) is 0.616. The van der Waals surface area contributed by atoms with E-state index in [0.717, 1.165) is 11.8 Å². The van der Waals surface area contributed by atoms with Gasteiger partial charge in [0.1, 0.15) is 6.29 Å². The van der Waals surface area contributed by atoms with Crippen molar-refractivity contribution in [2.75, 3.05) is 0 Å². The molecule has 0 amide bonds. The maximum atomic E-state index is 10.2. The molecule has 0 aliphatic heterocycles. The Morgan fingerprint density at radius 1 is 1.45 bits per heavy atom. The van der Waals surface area contributed by atoms with Crippen LogP contribution in [0.2, 0.25) is 0 Å². The number of carbonyl (C=O) groups excluding carboxylic acids is 1. The first-order valence-corrected chi connectivity index (χ1v) is 3.70. The van der Waals surface area contributed by atoms with Gasteiger partial charge in [-0.1, -0.05) is 13.8 Å². The fraction of sp³-hybridized carbons (Fsp3) is 0.333. The molecule has 1 aromatic rings. The minimum atomic E-state index is 0.713. The molecule has 0 aliphatic rings. The lowest BCUT2D eigenvalue weighted by atomic mass is 10.2. The minimum Gasteiger partial charge on any atom is -0.298 e. The van der Waals surface area contributed by atoms with Gasteiger partial charge in [0.2, 0.25) is 0 Å². The van der Waals surface area contributed by atoms with Gasteiger partial charge in [0.05, 0.1) is 0 Å². The molecule has 0 radical (unpaired) electrons. The molecular formula is C9H13NO. The molecule has 0 bridgehead atoms. The molecule has 0 spiro atoms. The van der Waals surface area contributed by atoms with Crippen molar-refractivity contribution in [3.63, 3.8) is 0 Å². The summed E-state index contributed by atoms with van der Waals surface area (Å²) in [5.41, 5.74) is 1.64. The second kappa shape index (κ2) is 5.59. The normalized spacial score (nSPS) is 7.91. The Kier molecular flexibility index (Phi) is 4.99. The van der Waals surface area contributed by atoms with Crippen molar-refractivity contribution in [1.82, 2.24) is 4.98 Å². The highest BCUT2D eigenvalue weighted by molar-refractivity contribution is 5.76. The molecule has 1 rings (SSSR count). The van der Waals surface area contributed by atoms with Crippen molar-refractivity contribution in [1.29, 1.82) is 0 Å². The summed E-state index contributed by atoms with van der Waals surface area (Å²) in [4.78, 5) is 14.0. The zero-order valence-electron chi connectivity index (χ0n) is 7.16. The van der Waals surface area contributed by atoms with Gasteiger partial charge in [-0.15, -0.1) is 0 Å². The van der Waals surface area contributed by atoms with Crippen molar-refractivity contribution in [2.45, 2.75) is 20.8 Å². The summed E-state index contributed by atoms with van der Waals surface area (Å²) in [6, 6.07) is 1.70. The number of rotatable bonds is 1. The van der Waals surface area contributed by atoms with E-state index in [2.05, 4.69) is 4.98 Å². The standard InChI is InChI=1S/C7H7NO.C2H6/c1-6-4-8-3-2-7(6)5-9;1-2/h2-5H,1H3;1-2H3. The smallest absolute Gasteiger partial charge is 0.150 e. The maximum Gasteiger partial charge on any atom is 0.150 e. The third-order valence-corrected chi connectivity index (χ3v) is 1.19. The van der Waals surface area contributed by atoms with E-state index in [1.165, 1.54) is 0 Å². The quantitative estimate of drug-likeness (QED) is 0.576.